The lowest BCUT2D eigenvalue weighted by atomic mass is 10.2. The summed E-state index contributed by atoms with van der Waals surface area (Å²) >= 11 is 4.38. The van der Waals surface area contributed by atoms with E-state index in [1.807, 2.05) is 0 Å². The number of hydrogen-bond donors (Lipinski definition) is 0. The Morgan fingerprint density at radius 2 is 2.03 bits per heavy atom. The van der Waals surface area contributed by atoms with Crippen LogP contribution in [0.25, 0.3) is 6.08 Å². The van der Waals surface area contributed by atoms with Gasteiger partial charge in [-0.1, -0.05) is 18.2 Å². The molecule has 1 aliphatic rings. The van der Waals surface area contributed by atoms with Gasteiger partial charge in [0.25, 0.3) is 11.1 Å². The third-order valence-electron chi connectivity index (χ3n) is 4.14. The highest BCUT2D eigenvalue weighted by Crippen LogP contribution is 2.34. The molecule has 0 radical (unpaired) electrons. The third kappa shape index (κ3) is 5.68. The van der Waals surface area contributed by atoms with Crippen LogP contribution in [0.2, 0.25) is 0 Å². The molecule has 1 saturated heterocycles. The highest BCUT2D eigenvalue weighted by Gasteiger charge is 2.34. The molecule has 3 rings (SSSR count). The van der Waals surface area contributed by atoms with Crippen molar-refractivity contribution in [2.24, 2.45) is 0 Å². The number of imide groups is 1. The number of nitrogens with zero attached hydrogens (tertiary/aromatic N) is 1. The molecule has 1 heterocycles. The summed E-state index contributed by atoms with van der Waals surface area (Å²) in [5, 5.41) is -0.272. The molecule has 5 nitrogen and oxygen atoms in total. The number of hydrogen-bond acceptors (Lipinski definition) is 5. The zero-order chi connectivity index (χ0) is 20.8. The van der Waals surface area contributed by atoms with E-state index in [4.69, 9.17) is 9.47 Å². The minimum Gasteiger partial charge on any atom is -0.488 e. The molecular weight excluding hydrogens is 461 g/mol. The van der Waals surface area contributed by atoms with E-state index in [0.717, 1.165) is 22.9 Å². The number of amides is 2. The smallest absolute Gasteiger partial charge is 0.293 e. The first kappa shape index (κ1) is 21.5. The van der Waals surface area contributed by atoms with E-state index in [1.54, 1.807) is 43.5 Å². The molecule has 1 fully saturated rings. The first-order valence-electron chi connectivity index (χ1n) is 8.89. The first-order valence-corrected chi connectivity index (χ1v) is 10.5. The largest absolute Gasteiger partial charge is 0.488 e. The second-order valence-corrected chi connectivity index (χ2v) is 8.14. The van der Waals surface area contributed by atoms with E-state index >= 15 is 0 Å². The molecule has 0 saturated carbocycles. The van der Waals surface area contributed by atoms with Crippen LogP contribution in [-0.4, -0.2) is 36.3 Å². The van der Waals surface area contributed by atoms with Crippen molar-refractivity contribution in [2.75, 3.05) is 20.3 Å². The van der Waals surface area contributed by atoms with Crippen LogP contribution in [0, 0.1) is 5.82 Å². The van der Waals surface area contributed by atoms with Crippen molar-refractivity contribution in [1.82, 2.24) is 4.90 Å². The molecule has 0 unspecified atom stereocenters. The number of thioether (sulfide) groups is 1. The molecule has 2 amide bonds. The molecule has 1 aliphatic heterocycles. The lowest BCUT2D eigenvalue weighted by Gasteiger charge is -2.11. The van der Waals surface area contributed by atoms with Gasteiger partial charge in [0, 0.05) is 20.3 Å². The molecule has 8 heteroatoms. The number of halogens is 2. The number of benzene rings is 2. The maximum absolute atomic E-state index is 13.3. The number of carbonyl (C=O) groups excluding carboxylic acids is 2. The van der Waals surface area contributed by atoms with Crippen molar-refractivity contribution in [3.8, 4) is 5.75 Å². The van der Waals surface area contributed by atoms with Crippen molar-refractivity contribution in [3.63, 3.8) is 0 Å². The predicted molar refractivity (Wildman–Crippen MR) is 114 cm³/mol. The number of rotatable bonds is 8. The monoisotopic (exact) mass is 479 g/mol. The Morgan fingerprint density at radius 1 is 1.21 bits per heavy atom. The zero-order valence-electron chi connectivity index (χ0n) is 15.7. The van der Waals surface area contributed by atoms with Gasteiger partial charge in [0.15, 0.2) is 0 Å². The fourth-order valence-corrected chi connectivity index (χ4v) is 4.10. The van der Waals surface area contributed by atoms with Crippen LogP contribution in [-0.2, 0) is 16.1 Å². The fourth-order valence-electron chi connectivity index (χ4n) is 2.72. The van der Waals surface area contributed by atoms with Gasteiger partial charge >= 0.3 is 0 Å². The summed E-state index contributed by atoms with van der Waals surface area (Å²) in [4.78, 5) is 26.2. The summed E-state index contributed by atoms with van der Waals surface area (Å²) in [5.74, 6) is -0.00517. The Bertz CT molecular complexity index is 950. The van der Waals surface area contributed by atoms with E-state index in [9.17, 15) is 14.0 Å². The Kier molecular flexibility index (Phi) is 7.46. The Labute approximate surface area is 181 Å². The minimum atomic E-state index is -0.309. The predicted octanol–water partition coefficient (Wildman–Crippen LogP) is 5.24. The molecule has 29 heavy (non-hydrogen) atoms. The number of ether oxygens (including phenoxy) is 2. The number of carbonyl (C=O) groups is 2. The van der Waals surface area contributed by atoms with E-state index in [-0.39, 0.29) is 23.6 Å². The second-order valence-electron chi connectivity index (χ2n) is 6.29. The van der Waals surface area contributed by atoms with Crippen molar-refractivity contribution < 1.29 is 23.5 Å². The van der Waals surface area contributed by atoms with Crippen LogP contribution >= 0.6 is 27.7 Å². The van der Waals surface area contributed by atoms with Gasteiger partial charge in [-0.25, -0.2) is 4.39 Å². The molecule has 0 aliphatic carbocycles. The molecule has 0 aromatic heterocycles. The van der Waals surface area contributed by atoms with Gasteiger partial charge in [0.1, 0.15) is 18.2 Å². The van der Waals surface area contributed by atoms with Gasteiger partial charge in [0.05, 0.1) is 9.38 Å². The van der Waals surface area contributed by atoms with Crippen molar-refractivity contribution >= 4 is 44.9 Å². The zero-order valence-corrected chi connectivity index (χ0v) is 18.1. The lowest BCUT2D eigenvalue weighted by Crippen LogP contribution is -2.29. The standard InChI is InChI=1S/C21H19BrFNO4S/c1-27-9-3-8-24-20(25)19(29-21(24)26)12-14-6-7-18(17(22)11-14)28-13-15-4-2-5-16(23)10-15/h2,4-7,10-12H,3,8-9,13H2,1H3/b19-12+. The summed E-state index contributed by atoms with van der Waals surface area (Å²) in [6.45, 7) is 1.06. The van der Waals surface area contributed by atoms with Crippen LogP contribution in [0.4, 0.5) is 9.18 Å². The molecule has 2 aromatic rings. The molecule has 0 spiro atoms. The lowest BCUT2D eigenvalue weighted by molar-refractivity contribution is -0.122. The molecule has 0 N–H and O–H groups in total. The maximum Gasteiger partial charge on any atom is 0.293 e. The average molecular weight is 480 g/mol. The summed E-state index contributed by atoms with van der Waals surface area (Å²) in [6, 6.07) is 11.6. The van der Waals surface area contributed by atoms with Crippen LogP contribution in [0.1, 0.15) is 17.5 Å². The van der Waals surface area contributed by atoms with Gasteiger partial charge in [-0.15, -0.1) is 0 Å². The SMILES string of the molecule is COCCCN1C(=O)S/C(=C/c2ccc(OCc3cccc(F)c3)c(Br)c2)C1=O. The van der Waals surface area contributed by atoms with Gasteiger partial charge in [-0.05, 0) is 75.6 Å². The Hall–Kier alpha value is -2.16. The van der Waals surface area contributed by atoms with Gasteiger partial charge in [0.2, 0.25) is 0 Å². The molecule has 0 atom stereocenters. The topological polar surface area (TPSA) is 55.8 Å². The number of methoxy groups -OCH3 is 1. The second kappa shape index (κ2) is 10.0. The van der Waals surface area contributed by atoms with Gasteiger partial charge in [-0.2, -0.15) is 0 Å². The quantitative estimate of drug-likeness (QED) is 0.382. The van der Waals surface area contributed by atoms with Gasteiger partial charge < -0.3 is 9.47 Å². The normalized spacial score (nSPS) is 15.4. The van der Waals surface area contributed by atoms with Crippen molar-refractivity contribution in [1.29, 1.82) is 0 Å². The van der Waals surface area contributed by atoms with Crippen molar-refractivity contribution in [2.45, 2.75) is 13.0 Å². The summed E-state index contributed by atoms with van der Waals surface area (Å²) in [6.07, 6.45) is 2.28. The van der Waals surface area contributed by atoms with Crippen LogP contribution in [0.5, 0.6) is 5.75 Å². The first-order chi connectivity index (χ1) is 14.0. The molecule has 2 aromatic carbocycles. The summed E-state index contributed by atoms with van der Waals surface area (Å²) in [7, 11) is 1.58. The van der Waals surface area contributed by atoms with Crippen molar-refractivity contribution in [3.05, 3.63) is 68.8 Å². The van der Waals surface area contributed by atoms with Gasteiger partial charge in [-0.3, -0.25) is 14.5 Å². The Balaban J connectivity index is 1.66. The van der Waals surface area contributed by atoms with E-state index < -0.39 is 0 Å². The summed E-state index contributed by atoms with van der Waals surface area (Å²) in [5.41, 5.74) is 1.49. The minimum absolute atomic E-state index is 0.232. The average Bonchev–Trinajstić information content (AvgIpc) is 2.95. The molecule has 152 valence electrons. The highest BCUT2D eigenvalue weighted by atomic mass is 79.9. The Morgan fingerprint density at radius 3 is 2.76 bits per heavy atom. The fraction of sp³-hybridized carbons (Fsp3) is 0.238. The van der Waals surface area contributed by atoms with Crippen LogP contribution in [0.15, 0.2) is 51.8 Å². The molecular formula is C21H19BrFNO4S. The van der Waals surface area contributed by atoms with E-state index in [1.165, 1.54) is 17.0 Å². The molecule has 0 bridgehead atoms. The van der Waals surface area contributed by atoms with Crippen LogP contribution < -0.4 is 4.74 Å². The highest BCUT2D eigenvalue weighted by molar-refractivity contribution is 9.10. The third-order valence-corrected chi connectivity index (χ3v) is 5.67. The van der Waals surface area contributed by atoms with E-state index in [2.05, 4.69) is 15.9 Å². The summed E-state index contributed by atoms with van der Waals surface area (Å²) < 4.78 is 24.7. The van der Waals surface area contributed by atoms with E-state index in [0.29, 0.717) is 34.7 Å². The maximum atomic E-state index is 13.3. The van der Waals surface area contributed by atoms with Crippen LogP contribution in [0.3, 0.4) is 0 Å².